The summed E-state index contributed by atoms with van der Waals surface area (Å²) in [4.78, 5) is 28.4. The number of halogens is 2. The topological polar surface area (TPSA) is 105 Å². The summed E-state index contributed by atoms with van der Waals surface area (Å²) in [6.07, 6.45) is 1.12. The van der Waals surface area contributed by atoms with Crippen LogP contribution in [0, 0.1) is 11.6 Å². The van der Waals surface area contributed by atoms with Gasteiger partial charge in [0.25, 0.3) is 0 Å². The number of fused-ring (bicyclic) bond motifs is 4. The lowest BCUT2D eigenvalue weighted by Gasteiger charge is -2.34. The van der Waals surface area contributed by atoms with Gasteiger partial charge in [-0.25, -0.2) is 23.4 Å². The lowest BCUT2D eigenvalue weighted by Crippen LogP contribution is -2.47. The second-order valence-corrected chi connectivity index (χ2v) is 9.00. The first-order valence-corrected chi connectivity index (χ1v) is 11.5. The van der Waals surface area contributed by atoms with Gasteiger partial charge in [0.1, 0.15) is 10.8 Å². The molecule has 1 saturated heterocycles. The minimum Gasteiger partial charge on any atom is -0.478 e. The molecule has 5 rings (SSSR count). The predicted molar refractivity (Wildman–Crippen MR) is 131 cm³/mol. The lowest BCUT2D eigenvalue weighted by molar-refractivity contribution is -0.134. The van der Waals surface area contributed by atoms with E-state index >= 15 is 0 Å². The fourth-order valence-corrected chi connectivity index (χ4v) is 4.88. The Hall–Kier alpha value is -3.83. The van der Waals surface area contributed by atoms with Gasteiger partial charge < -0.3 is 25.3 Å². The molecule has 11 heteroatoms. The molecule has 0 amide bonds. The smallest absolute Gasteiger partial charge is 0.328 e. The number of carbonyl (C=O) groups is 2. The number of aliphatic carboxylic acids is 2. The lowest BCUT2D eigenvalue weighted by atomic mass is 10.1. The minimum absolute atomic E-state index is 0.426. The highest BCUT2D eigenvalue weighted by molar-refractivity contribution is 7.23. The summed E-state index contributed by atoms with van der Waals surface area (Å²) in [6.45, 7) is 3.57. The van der Waals surface area contributed by atoms with E-state index in [2.05, 4.69) is 34.3 Å². The number of nitrogens with one attached hydrogen (secondary N) is 1. The van der Waals surface area contributed by atoms with Crippen molar-refractivity contribution in [2.45, 2.75) is 0 Å². The van der Waals surface area contributed by atoms with E-state index in [4.69, 9.17) is 15.2 Å². The third-order valence-electron chi connectivity index (χ3n) is 5.50. The van der Waals surface area contributed by atoms with Crippen molar-refractivity contribution in [2.24, 2.45) is 4.99 Å². The van der Waals surface area contributed by atoms with Crippen LogP contribution in [0.4, 0.5) is 25.2 Å². The Labute approximate surface area is 203 Å². The second kappa shape index (κ2) is 10.2. The molecule has 3 N–H and O–H groups in total. The molecule has 3 heterocycles. The number of benzene rings is 2. The molecule has 3 aromatic rings. The number of carboxylic acids is 2. The van der Waals surface area contributed by atoms with Crippen LogP contribution in [0.25, 0.3) is 10.1 Å². The third-order valence-corrected chi connectivity index (χ3v) is 6.59. The summed E-state index contributed by atoms with van der Waals surface area (Å²) in [5.41, 5.74) is 1.93. The molecular weight excluding hydrogens is 478 g/mol. The number of hydrogen-bond donors (Lipinski definition) is 3. The highest BCUT2D eigenvalue weighted by Crippen LogP contribution is 2.43. The van der Waals surface area contributed by atoms with Crippen molar-refractivity contribution >= 4 is 55.6 Å². The Morgan fingerprint density at radius 1 is 1.03 bits per heavy atom. The van der Waals surface area contributed by atoms with Gasteiger partial charge in [-0.05, 0) is 13.1 Å². The van der Waals surface area contributed by atoms with Gasteiger partial charge in [-0.2, -0.15) is 0 Å². The molecule has 0 saturated carbocycles. The van der Waals surface area contributed by atoms with E-state index in [-0.39, 0.29) is 0 Å². The van der Waals surface area contributed by atoms with Crippen LogP contribution < -0.4 is 5.32 Å². The number of rotatable bonds is 2. The third kappa shape index (κ3) is 5.47. The van der Waals surface area contributed by atoms with Gasteiger partial charge in [-0.3, -0.25) is 0 Å². The van der Waals surface area contributed by atoms with E-state index in [1.54, 1.807) is 11.3 Å². The Bertz CT molecular complexity index is 1330. The van der Waals surface area contributed by atoms with Crippen molar-refractivity contribution in [3.05, 3.63) is 65.7 Å². The maximum absolute atomic E-state index is 13.9. The molecule has 2 aromatic carbocycles. The summed E-state index contributed by atoms with van der Waals surface area (Å²) in [5, 5.41) is 20.9. The quantitative estimate of drug-likeness (QED) is 0.451. The number of aliphatic imine (C=N–C) groups is 1. The molecule has 2 aliphatic heterocycles. The van der Waals surface area contributed by atoms with Crippen molar-refractivity contribution in [3.8, 4) is 0 Å². The number of carboxylic acid groups (broad SMARTS) is 2. The number of hydrogen-bond acceptors (Lipinski definition) is 7. The van der Waals surface area contributed by atoms with E-state index in [0.717, 1.165) is 52.7 Å². The maximum Gasteiger partial charge on any atom is 0.328 e. The summed E-state index contributed by atoms with van der Waals surface area (Å²) in [6, 6.07) is 10.5. The predicted octanol–water partition coefficient (Wildman–Crippen LogP) is 4.27. The number of anilines is 2. The Morgan fingerprint density at radius 3 is 2.31 bits per heavy atom. The van der Waals surface area contributed by atoms with E-state index < -0.39 is 23.6 Å². The SMILES string of the molecule is CN1CCN(C2=Nc3cc(F)c(F)cc3Nc3sc4ccccc4c32)CC1.O=C(O)/C=C\C(=O)O. The van der Waals surface area contributed by atoms with E-state index in [0.29, 0.717) is 23.5 Å². The van der Waals surface area contributed by atoms with Crippen molar-refractivity contribution in [1.29, 1.82) is 0 Å². The van der Waals surface area contributed by atoms with Gasteiger partial charge in [0.2, 0.25) is 0 Å². The average Bonchev–Trinajstić information content (AvgIpc) is 3.10. The summed E-state index contributed by atoms with van der Waals surface area (Å²) in [7, 11) is 2.10. The average molecular weight is 501 g/mol. The summed E-state index contributed by atoms with van der Waals surface area (Å²) < 4.78 is 28.9. The maximum atomic E-state index is 13.9. The number of piperazine rings is 1. The molecule has 35 heavy (non-hydrogen) atoms. The zero-order valence-corrected chi connectivity index (χ0v) is 19.5. The van der Waals surface area contributed by atoms with E-state index in [9.17, 15) is 18.4 Å². The van der Waals surface area contributed by atoms with Gasteiger partial charge in [-0.15, -0.1) is 11.3 Å². The van der Waals surface area contributed by atoms with Crippen molar-refractivity contribution in [1.82, 2.24) is 9.80 Å². The molecule has 8 nitrogen and oxygen atoms in total. The van der Waals surface area contributed by atoms with Crippen LogP contribution in [0.1, 0.15) is 5.56 Å². The first kappa shape index (κ1) is 24.3. The van der Waals surface area contributed by atoms with E-state index in [1.807, 2.05) is 12.1 Å². The molecule has 182 valence electrons. The largest absolute Gasteiger partial charge is 0.478 e. The Balaban J connectivity index is 0.000000314. The molecule has 0 radical (unpaired) electrons. The van der Waals surface area contributed by atoms with Crippen LogP contribution in [-0.2, 0) is 9.59 Å². The monoisotopic (exact) mass is 500 g/mol. The van der Waals surface area contributed by atoms with Crippen LogP contribution in [0.15, 0.2) is 53.5 Å². The zero-order chi connectivity index (χ0) is 25.1. The molecule has 0 spiro atoms. The number of amidine groups is 1. The van der Waals surface area contributed by atoms with Crippen molar-refractivity contribution in [2.75, 3.05) is 38.5 Å². The first-order valence-electron chi connectivity index (χ1n) is 10.7. The van der Waals surface area contributed by atoms with Crippen LogP contribution >= 0.6 is 11.3 Å². The highest BCUT2D eigenvalue weighted by Gasteiger charge is 2.28. The summed E-state index contributed by atoms with van der Waals surface area (Å²) in [5.74, 6) is -3.44. The number of thiophene rings is 1. The molecular formula is C24H22F2N4O4S. The van der Waals surface area contributed by atoms with Gasteiger partial charge in [0.05, 0.1) is 16.9 Å². The Kier molecular flexibility index (Phi) is 7.08. The molecule has 1 fully saturated rings. The van der Waals surface area contributed by atoms with Crippen LogP contribution in [0.3, 0.4) is 0 Å². The fourth-order valence-electron chi connectivity index (χ4n) is 3.77. The van der Waals surface area contributed by atoms with Gasteiger partial charge in [-0.1, -0.05) is 18.2 Å². The second-order valence-electron chi connectivity index (χ2n) is 7.95. The zero-order valence-electron chi connectivity index (χ0n) is 18.7. The van der Waals surface area contributed by atoms with Crippen LogP contribution in [0.5, 0.6) is 0 Å². The van der Waals surface area contributed by atoms with Crippen LogP contribution in [-0.4, -0.2) is 71.0 Å². The fraction of sp³-hybridized carbons (Fsp3) is 0.208. The van der Waals surface area contributed by atoms with Crippen molar-refractivity contribution in [3.63, 3.8) is 0 Å². The number of likely N-dealkylation sites (N-methyl/N-ethyl adjacent to an activating group) is 1. The van der Waals surface area contributed by atoms with Crippen molar-refractivity contribution < 1.29 is 28.6 Å². The van der Waals surface area contributed by atoms with Gasteiger partial charge >= 0.3 is 11.9 Å². The molecule has 0 unspecified atom stereocenters. The molecule has 1 aromatic heterocycles. The molecule has 0 atom stereocenters. The molecule has 2 aliphatic rings. The van der Waals surface area contributed by atoms with Crippen LogP contribution in [0.2, 0.25) is 0 Å². The highest BCUT2D eigenvalue weighted by atomic mass is 32.1. The van der Waals surface area contributed by atoms with Gasteiger partial charge in [0, 0.05) is 60.5 Å². The van der Waals surface area contributed by atoms with Gasteiger partial charge in [0.15, 0.2) is 11.6 Å². The Morgan fingerprint density at radius 2 is 1.66 bits per heavy atom. The molecule has 0 aliphatic carbocycles. The minimum atomic E-state index is -1.26. The standard InChI is InChI=1S/C20H18F2N4S.C4H4O4/c1-25-6-8-26(9-7-25)19-18-12-4-2-3-5-17(12)27-20(18)24-16-11-14(22)13(21)10-15(16)23-19;5-3(6)1-2-4(7)8/h2-5,10-11,24H,6-9H2,1H3;1-2H,(H,5,6)(H,7,8)/b;2-1-. The normalized spacial score (nSPS) is 15.4. The summed E-state index contributed by atoms with van der Waals surface area (Å²) >= 11 is 1.61. The number of nitrogens with zero attached hydrogens (tertiary/aromatic N) is 3. The first-order chi connectivity index (χ1) is 16.7. The molecule has 0 bridgehead atoms. The van der Waals surface area contributed by atoms with E-state index in [1.165, 1.54) is 12.1 Å².